The molecule has 0 aliphatic carbocycles. The van der Waals surface area contributed by atoms with E-state index < -0.39 is 0 Å². The van der Waals surface area contributed by atoms with Crippen molar-refractivity contribution < 1.29 is 14.0 Å². The molecule has 2 aromatic rings. The lowest BCUT2D eigenvalue weighted by molar-refractivity contribution is 0.389. The standard InChI is InChI=1S/C13H17N3O3/c1-4-14-8-12-15-13(19-16-12)10-6-5-9(17-2)7-11(10)18-3/h5-7,14H,4,8H2,1-3H3. The summed E-state index contributed by atoms with van der Waals surface area (Å²) >= 11 is 0. The Bertz CT molecular complexity index is 540. The van der Waals surface area contributed by atoms with Crippen LogP contribution in [0.15, 0.2) is 22.7 Å². The zero-order valence-electron chi connectivity index (χ0n) is 11.3. The highest BCUT2D eigenvalue weighted by atomic mass is 16.5. The second kappa shape index (κ2) is 6.19. The third-order valence-electron chi connectivity index (χ3n) is 2.64. The van der Waals surface area contributed by atoms with Gasteiger partial charge in [0.1, 0.15) is 11.5 Å². The molecule has 2 rings (SSSR count). The maximum Gasteiger partial charge on any atom is 0.261 e. The highest BCUT2D eigenvalue weighted by molar-refractivity contribution is 5.64. The number of hydrogen-bond acceptors (Lipinski definition) is 6. The second-order valence-corrected chi connectivity index (χ2v) is 3.86. The lowest BCUT2D eigenvalue weighted by Crippen LogP contribution is -2.12. The van der Waals surface area contributed by atoms with Crippen LogP contribution in [0.5, 0.6) is 11.5 Å². The molecule has 0 aliphatic rings. The van der Waals surface area contributed by atoms with Gasteiger partial charge in [0.25, 0.3) is 5.89 Å². The van der Waals surface area contributed by atoms with Gasteiger partial charge >= 0.3 is 0 Å². The van der Waals surface area contributed by atoms with Crippen LogP contribution < -0.4 is 14.8 Å². The minimum Gasteiger partial charge on any atom is -0.497 e. The molecule has 0 saturated heterocycles. The van der Waals surface area contributed by atoms with E-state index >= 15 is 0 Å². The van der Waals surface area contributed by atoms with E-state index in [2.05, 4.69) is 15.5 Å². The van der Waals surface area contributed by atoms with Crippen LogP contribution in [0.2, 0.25) is 0 Å². The van der Waals surface area contributed by atoms with Crippen LogP contribution in [-0.2, 0) is 6.54 Å². The summed E-state index contributed by atoms with van der Waals surface area (Å²) in [6.45, 7) is 3.46. The molecule has 0 bridgehead atoms. The van der Waals surface area contributed by atoms with Crippen molar-refractivity contribution in [3.63, 3.8) is 0 Å². The van der Waals surface area contributed by atoms with Crippen molar-refractivity contribution in [3.8, 4) is 23.0 Å². The van der Waals surface area contributed by atoms with Crippen LogP contribution in [0.1, 0.15) is 12.7 Å². The predicted octanol–water partition coefficient (Wildman–Crippen LogP) is 1.86. The number of nitrogens with zero attached hydrogens (tertiary/aromatic N) is 2. The topological polar surface area (TPSA) is 69.4 Å². The first-order valence-electron chi connectivity index (χ1n) is 6.04. The molecule has 1 N–H and O–H groups in total. The van der Waals surface area contributed by atoms with Crippen molar-refractivity contribution in [1.29, 1.82) is 0 Å². The van der Waals surface area contributed by atoms with Crippen LogP contribution in [-0.4, -0.2) is 30.9 Å². The van der Waals surface area contributed by atoms with Crippen molar-refractivity contribution >= 4 is 0 Å². The van der Waals surface area contributed by atoms with Crippen LogP contribution in [0.3, 0.4) is 0 Å². The van der Waals surface area contributed by atoms with E-state index in [1.165, 1.54) is 0 Å². The van der Waals surface area contributed by atoms with Gasteiger partial charge in [0, 0.05) is 6.07 Å². The minimum atomic E-state index is 0.437. The molecule has 0 fully saturated rings. The van der Waals surface area contributed by atoms with Gasteiger partial charge in [0.2, 0.25) is 0 Å². The number of aromatic nitrogens is 2. The second-order valence-electron chi connectivity index (χ2n) is 3.86. The van der Waals surface area contributed by atoms with Crippen molar-refractivity contribution in [3.05, 3.63) is 24.0 Å². The Morgan fingerprint density at radius 1 is 1.26 bits per heavy atom. The Morgan fingerprint density at radius 2 is 2.11 bits per heavy atom. The van der Waals surface area contributed by atoms with E-state index in [1.807, 2.05) is 19.1 Å². The van der Waals surface area contributed by atoms with Gasteiger partial charge in [-0.1, -0.05) is 12.1 Å². The summed E-state index contributed by atoms with van der Waals surface area (Å²) in [5, 5.41) is 7.05. The van der Waals surface area contributed by atoms with Gasteiger partial charge in [-0.3, -0.25) is 0 Å². The maximum absolute atomic E-state index is 5.31. The van der Waals surface area contributed by atoms with Gasteiger partial charge in [0.05, 0.1) is 26.3 Å². The fraction of sp³-hybridized carbons (Fsp3) is 0.385. The average Bonchev–Trinajstić information content (AvgIpc) is 2.92. The smallest absolute Gasteiger partial charge is 0.261 e. The molecule has 0 atom stereocenters. The van der Waals surface area contributed by atoms with Gasteiger partial charge in [-0.15, -0.1) is 0 Å². The first-order valence-corrected chi connectivity index (χ1v) is 6.04. The SMILES string of the molecule is CCNCc1noc(-c2ccc(OC)cc2OC)n1. The molecule has 1 heterocycles. The van der Waals surface area contributed by atoms with Crippen molar-refractivity contribution in [2.75, 3.05) is 20.8 Å². The highest BCUT2D eigenvalue weighted by Gasteiger charge is 2.14. The Kier molecular flexibility index (Phi) is 4.35. The zero-order valence-corrected chi connectivity index (χ0v) is 11.3. The molecular formula is C13H17N3O3. The first kappa shape index (κ1) is 13.4. The quantitative estimate of drug-likeness (QED) is 0.858. The summed E-state index contributed by atoms with van der Waals surface area (Å²) in [7, 11) is 3.20. The van der Waals surface area contributed by atoms with E-state index in [9.17, 15) is 0 Å². The lowest BCUT2D eigenvalue weighted by atomic mass is 10.2. The van der Waals surface area contributed by atoms with Crippen LogP contribution in [0, 0.1) is 0 Å². The number of nitrogens with one attached hydrogen (secondary N) is 1. The number of hydrogen-bond donors (Lipinski definition) is 1. The van der Waals surface area contributed by atoms with Crippen LogP contribution >= 0.6 is 0 Å². The molecule has 0 aliphatic heterocycles. The van der Waals surface area contributed by atoms with E-state index in [-0.39, 0.29) is 0 Å². The lowest BCUT2D eigenvalue weighted by Gasteiger charge is -2.06. The van der Waals surface area contributed by atoms with Crippen molar-refractivity contribution in [2.24, 2.45) is 0 Å². The Morgan fingerprint density at radius 3 is 2.79 bits per heavy atom. The maximum atomic E-state index is 5.31. The molecule has 6 nitrogen and oxygen atoms in total. The molecule has 1 aromatic heterocycles. The molecule has 0 radical (unpaired) electrons. The fourth-order valence-electron chi connectivity index (χ4n) is 1.65. The molecule has 6 heteroatoms. The van der Waals surface area contributed by atoms with Gasteiger partial charge < -0.3 is 19.3 Å². The zero-order chi connectivity index (χ0) is 13.7. The Balaban J connectivity index is 2.27. The monoisotopic (exact) mass is 263 g/mol. The first-order chi connectivity index (χ1) is 9.28. The Hall–Kier alpha value is -2.08. The van der Waals surface area contributed by atoms with Crippen LogP contribution in [0.4, 0.5) is 0 Å². The molecule has 0 spiro atoms. The van der Waals surface area contributed by atoms with Crippen molar-refractivity contribution in [1.82, 2.24) is 15.5 Å². The van der Waals surface area contributed by atoms with E-state index in [0.29, 0.717) is 29.8 Å². The summed E-state index contributed by atoms with van der Waals surface area (Å²) < 4.78 is 15.7. The summed E-state index contributed by atoms with van der Waals surface area (Å²) in [4.78, 5) is 4.32. The van der Waals surface area contributed by atoms with E-state index in [4.69, 9.17) is 14.0 Å². The molecule has 0 saturated carbocycles. The third-order valence-corrected chi connectivity index (χ3v) is 2.64. The van der Waals surface area contributed by atoms with Crippen molar-refractivity contribution in [2.45, 2.75) is 13.5 Å². The molecule has 102 valence electrons. The van der Waals surface area contributed by atoms with E-state index in [0.717, 1.165) is 12.1 Å². The number of ether oxygens (including phenoxy) is 2. The summed E-state index contributed by atoms with van der Waals surface area (Å²) in [6.07, 6.45) is 0. The van der Waals surface area contributed by atoms with E-state index in [1.54, 1.807) is 20.3 Å². The van der Waals surface area contributed by atoms with Gasteiger partial charge in [0.15, 0.2) is 5.82 Å². The Labute approximate surface area is 111 Å². The normalized spacial score (nSPS) is 10.5. The molecular weight excluding hydrogens is 246 g/mol. The summed E-state index contributed by atoms with van der Waals surface area (Å²) in [5.74, 6) is 2.41. The highest BCUT2D eigenvalue weighted by Crippen LogP contribution is 2.32. The number of benzene rings is 1. The number of rotatable bonds is 6. The number of methoxy groups -OCH3 is 2. The third kappa shape index (κ3) is 3.03. The predicted molar refractivity (Wildman–Crippen MR) is 70.2 cm³/mol. The molecule has 1 aromatic carbocycles. The largest absolute Gasteiger partial charge is 0.497 e. The summed E-state index contributed by atoms with van der Waals surface area (Å²) in [5.41, 5.74) is 0.749. The average molecular weight is 263 g/mol. The van der Waals surface area contributed by atoms with Gasteiger partial charge in [-0.05, 0) is 18.7 Å². The van der Waals surface area contributed by atoms with Crippen LogP contribution in [0.25, 0.3) is 11.5 Å². The molecule has 19 heavy (non-hydrogen) atoms. The molecule has 0 amide bonds. The van der Waals surface area contributed by atoms with Gasteiger partial charge in [-0.25, -0.2) is 0 Å². The van der Waals surface area contributed by atoms with Gasteiger partial charge in [-0.2, -0.15) is 4.98 Å². The molecule has 0 unspecified atom stereocenters. The fourth-order valence-corrected chi connectivity index (χ4v) is 1.65. The summed E-state index contributed by atoms with van der Waals surface area (Å²) in [6, 6.07) is 5.44. The minimum absolute atomic E-state index is 0.437.